The van der Waals surface area contributed by atoms with Crippen molar-refractivity contribution in [3.8, 4) is 23.7 Å². The molecule has 0 aliphatic carbocycles. The molecule has 0 radical (unpaired) electrons. The van der Waals surface area contributed by atoms with Crippen LogP contribution in [0, 0.1) is 30.6 Å². The Balaban J connectivity index is 1.47. The van der Waals surface area contributed by atoms with Gasteiger partial charge in [0.2, 0.25) is 0 Å². The van der Waals surface area contributed by atoms with Gasteiger partial charge < -0.3 is 0 Å². The lowest BCUT2D eigenvalue weighted by Crippen LogP contribution is -1.78. The van der Waals surface area contributed by atoms with Gasteiger partial charge in [-0.1, -0.05) is 125 Å². The van der Waals surface area contributed by atoms with Gasteiger partial charge in [0.25, 0.3) is 0 Å². The number of thiophene rings is 1. The minimum absolute atomic E-state index is 1.07. The fourth-order valence-electron chi connectivity index (χ4n) is 3.45. The maximum absolute atomic E-state index is 3.50. The molecule has 5 heteroatoms. The lowest BCUT2D eigenvalue weighted by atomic mass is 10.2. The molecule has 0 saturated carbocycles. The minimum Gasteiger partial charge on any atom is -0.118 e. The molecule has 0 unspecified atom stereocenters. The van der Waals surface area contributed by atoms with Gasteiger partial charge in [0, 0.05) is 14.7 Å². The number of aryl methyl sites for hydroxylation is 1. The van der Waals surface area contributed by atoms with Crippen LogP contribution in [0.1, 0.15) is 40.3 Å². The van der Waals surface area contributed by atoms with Crippen molar-refractivity contribution in [2.45, 2.75) is 20.8 Å². The van der Waals surface area contributed by atoms with Crippen LogP contribution < -0.4 is 0 Å². The molecule has 3 aromatic rings. The third-order valence-electron chi connectivity index (χ3n) is 5.05. The van der Waals surface area contributed by atoms with E-state index in [1.54, 1.807) is 11.3 Å². The van der Waals surface area contributed by atoms with Crippen molar-refractivity contribution in [3.63, 3.8) is 0 Å². The van der Waals surface area contributed by atoms with Gasteiger partial charge >= 0.3 is 0 Å². The predicted molar refractivity (Wildman–Crippen MR) is 158 cm³/mol. The monoisotopic (exact) mass is 528 g/mol. The van der Waals surface area contributed by atoms with Crippen LogP contribution in [0.2, 0.25) is 0 Å². The van der Waals surface area contributed by atoms with Gasteiger partial charge in [0.1, 0.15) is 0 Å². The van der Waals surface area contributed by atoms with E-state index in [0.29, 0.717) is 0 Å². The molecule has 2 aliphatic rings. The molecule has 0 amide bonds. The van der Waals surface area contributed by atoms with Gasteiger partial charge in [0.05, 0.1) is 23.1 Å². The summed E-state index contributed by atoms with van der Waals surface area (Å²) in [6.45, 7) is 6.20. The molecule has 0 N–H and O–H groups in total. The van der Waals surface area contributed by atoms with Crippen LogP contribution in [0.3, 0.4) is 0 Å². The maximum atomic E-state index is 3.50. The van der Waals surface area contributed by atoms with Gasteiger partial charge in [-0.25, -0.2) is 0 Å². The van der Waals surface area contributed by atoms with Crippen molar-refractivity contribution in [1.82, 2.24) is 0 Å². The first-order chi connectivity index (χ1) is 16.6. The molecule has 2 aromatic carbocycles. The molecule has 2 aliphatic heterocycles. The third-order valence-corrected chi connectivity index (χ3v) is 11.9. The second-order valence-electron chi connectivity index (χ2n) is 7.51. The lowest BCUT2D eigenvalue weighted by molar-refractivity contribution is 1.52. The fourth-order valence-corrected chi connectivity index (χ4v) is 9.82. The zero-order chi connectivity index (χ0) is 23.5. The molecule has 0 bridgehead atoms. The van der Waals surface area contributed by atoms with E-state index in [0.717, 1.165) is 14.7 Å². The van der Waals surface area contributed by atoms with Crippen molar-refractivity contribution < 1.29 is 0 Å². The highest BCUT2D eigenvalue weighted by Gasteiger charge is 2.29. The van der Waals surface area contributed by atoms with E-state index in [9.17, 15) is 0 Å². The van der Waals surface area contributed by atoms with Crippen molar-refractivity contribution >= 4 is 68.2 Å². The van der Waals surface area contributed by atoms with Gasteiger partial charge in [-0.2, -0.15) is 0 Å². The van der Waals surface area contributed by atoms with Gasteiger partial charge in [-0.15, -0.1) is 17.3 Å². The summed E-state index contributed by atoms with van der Waals surface area (Å²) in [6, 6.07) is 23.4. The van der Waals surface area contributed by atoms with E-state index in [-0.39, 0.29) is 0 Å². The topological polar surface area (TPSA) is 0 Å². The summed E-state index contributed by atoms with van der Waals surface area (Å²) in [5.41, 5.74) is 3.71. The Kier molecular flexibility index (Phi) is 7.40. The maximum Gasteiger partial charge on any atom is 0.0810 e. The summed E-state index contributed by atoms with van der Waals surface area (Å²) in [7, 11) is 0. The van der Waals surface area contributed by atoms with Crippen LogP contribution in [0.4, 0.5) is 0 Å². The average Bonchev–Trinajstić information content (AvgIpc) is 3.56. The average molecular weight is 529 g/mol. The molecule has 0 saturated heterocycles. The van der Waals surface area contributed by atoms with Crippen LogP contribution in [0.15, 0.2) is 85.0 Å². The molecule has 0 nitrogen and oxygen atoms in total. The molecule has 0 spiro atoms. The van der Waals surface area contributed by atoms with E-state index in [1.807, 2.05) is 54.0 Å². The van der Waals surface area contributed by atoms with E-state index >= 15 is 0 Å². The summed E-state index contributed by atoms with van der Waals surface area (Å²) < 4.78 is 2.67. The zero-order valence-electron chi connectivity index (χ0n) is 18.9. The molecule has 1 aromatic heterocycles. The van der Waals surface area contributed by atoms with Gasteiger partial charge in [-0.05, 0) is 43.5 Å². The van der Waals surface area contributed by atoms with Crippen LogP contribution >= 0.6 is 58.4 Å². The standard InChI is InChI=1S/C29H20S5/c1-4-11-24-19(2)18-23(31-24)16-17-25-27(22-14-9-6-10-15-22)34-29(32-25)28-30-20(3)26(33-28)21-12-7-5-8-13-21/h5-10,12-15,18H,1-3H3/b29-28+. The number of hydrogen-bond donors (Lipinski definition) is 0. The Hall–Kier alpha value is -2.12. The van der Waals surface area contributed by atoms with Crippen molar-refractivity contribution in [2.24, 2.45) is 0 Å². The second-order valence-corrected chi connectivity index (χ2v) is 13.4. The zero-order valence-corrected chi connectivity index (χ0v) is 23.0. The summed E-state index contributed by atoms with van der Waals surface area (Å²) >= 11 is 9.10. The van der Waals surface area contributed by atoms with Crippen molar-refractivity contribution in [3.05, 3.63) is 111 Å². The highest BCUT2D eigenvalue weighted by molar-refractivity contribution is 8.37. The molecule has 34 heavy (non-hydrogen) atoms. The molecular formula is C29H20S5. The highest BCUT2D eigenvalue weighted by atomic mass is 32.2. The van der Waals surface area contributed by atoms with Crippen molar-refractivity contribution in [2.75, 3.05) is 0 Å². The third kappa shape index (κ3) is 5.10. The minimum atomic E-state index is 1.07. The molecule has 166 valence electrons. The quantitative estimate of drug-likeness (QED) is 0.304. The van der Waals surface area contributed by atoms with E-state index in [1.165, 1.54) is 39.9 Å². The molecular weight excluding hydrogens is 509 g/mol. The van der Waals surface area contributed by atoms with Crippen LogP contribution in [0.5, 0.6) is 0 Å². The first-order valence-corrected chi connectivity index (χ1v) is 14.8. The number of rotatable bonds is 2. The SMILES string of the molecule is CC#Cc1sc(C#CC2=C(c3ccccc3)S/C(=C3\SC(C)=C(c4ccccc4)S3)S2)cc1C. The van der Waals surface area contributed by atoms with E-state index in [2.05, 4.69) is 104 Å². The Morgan fingerprint density at radius 3 is 1.94 bits per heavy atom. The first-order valence-electron chi connectivity index (χ1n) is 10.7. The lowest BCUT2D eigenvalue weighted by Gasteiger charge is -2.04. The Morgan fingerprint density at radius 1 is 0.647 bits per heavy atom. The molecule has 0 fully saturated rings. The number of allylic oxidation sites excluding steroid dienone is 2. The van der Waals surface area contributed by atoms with Crippen LogP contribution in [-0.2, 0) is 0 Å². The number of benzene rings is 2. The summed E-state index contributed by atoms with van der Waals surface area (Å²) in [6.07, 6.45) is 0. The van der Waals surface area contributed by atoms with Gasteiger partial charge in [0.15, 0.2) is 0 Å². The summed E-state index contributed by atoms with van der Waals surface area (Å²) in [5, 5.41) is 0. The molecule has 3 heterocycles. The highest BCUT2D eigenvalue weighted by Crippen LogP contribution is 2.63. The van der Waals surface area contributed by atoms with E-state index < -0.39 is 0 Å². The Bertz CT molecular complexity index is 1460. The number of hydrogen-bond acceptors (Lipinski definition) is 5. The molecule has 0 atom stereocenters. The predicted octanol–water partition coefficient (Wildman–Crippen LogP) is 9.62. The Morgan fingerprint density at radius 2 is 1.26 bits per heavy atom. The summed E-state index contributed by atoms with van der Waals surface area (Å²) in [4.78, 5) is 7.26. The smallest absolute Gasteiger partial charge is 0.0810 e. The second kappa shape index (κ2) is 10.6. The number of thioether (sulfide) groups is 4. The Labute approximate surface area is 222 Å². The van der Waals surface area contributed by atoms with Crippen LogP contribution in [0.25, 0.3) is 9.81 Å². The van der Waals surface area contributed by atoms with Crippen LogP contribution in [-0.4, -0.2) is 0 Å². The van der Waals surface area contributed by atoms with Gasteiger partial charge in [-0.3, -0.25) is 0 Å². The van der Waals surface area contributed by atoms with Crippen molar-refractivity contribution in [1.29, 1.82) is 0 Å². The first kappa shape index (κ1) is 23.6. The van der Waals surface area contributed by atoms with E-state index in [4.69, 9.17) is 0 Å². The fraction of sp³-hybridized carbons (Fsp3) is 0.103. The summed E-state index contributed by atoms with van der Waals surface area (Å²) in [5.74, 6) is 13.1. The molecule has 5 rings (SSSR count). The largest absolute Gasteiger partial charge is 0.118 e. The normalized spacial score (nSPS) is 17.5.